The van der Waals surface area contributed by atoms with Crippen LogP contribution in [0.1, 0.15) is 10.8 Å². The van der Waals surface area contributed by atoms with Gasteiger partial charge in [0.1, 0.15) is 10.3 Å². The predicted octanol–water partition coefficient (Wildman–Crippen LogP) is 4.97. The van der Waals surface area contributed by atoms with Crippen molar-refractivity contribution in [3.05, 3.63) is 104 Å². The van der Waals surface area contributed by atoms with E-state index in [1.54, 1.807) is 55.6 Å². The van der Waals surface area contributed by atoms with Gasteiger partial charge >= 0.3 is 0 Å². The van der Waals surface area contributed by atoms with Crippen molar-refractivity contribution >= 4 is 51.5 Å². The number of nitrogens with zero attached hydrogens (tertiary/aromatic N) is 3. The number of carbonyl (C=O) groups excluding carboxylic acids is 1. The van der Waals surface area contributed by atoms with Gasteiger partial charge in [-0.15, -0.1) is 0 Å². The highest BCUT2D eigenvalue weighted by Gasteiger charge is 2.25. The number of anilines is 1. The van der Waals surface area contributed by atoms with Gasteiger partial charge in [-0.25, -0.2) is 4.98 Å². The van der Waals surface area contributed by atoms with Gasteiger partial charge < -0.3 is 5.32 Å². The number of nitrogens with one attached hydrogen (secondary N) is 1. The Kier molecular flexibility index (Phi) is 6.43. The zero-order valence-corrected chi connectivity index (χ0v) is 18.8. The van der Waals surface area contributed by atoms with E-state index in [1.165, 1.54) is 22.8 Å². The van der Waals surface area contributed by atoms with E-state index in [4.69, 9.17) is 11.6 Å². The third kappa shape index (κ3) is 4.74. The van der Waals surface area contributed by atoms with Crippen LogP contribution >= 0.6 is 23.4 Å². The highest BCUT2D eigenvalue weighted by molar-refractivity contribution is 8.00. The molecule has 33 heavy (non-hydrogen) atoms. The molecule has 1 aromatic heterocycles. The maximum absolute atomic E-state index is 13.3. The number of amides is 1. The standard InChI is InChI=1S/C23H17ClN4O4S/c1-27-22(30)16-9-5-6-10-18(16)26-23(27)33-20(14-7-3-2-4-8-14)21(29)25-15-11-12-17(24)19(13-15)28(31)32/h2-13,20H,1H3,(H,25,29)/t20-/m0/s1. The molecule has 0 radical (unpaired) electrons. The summed E-state index contributed by atoms with van der Waals surface area (Å²) in [6.45, 7) is 0. The van der Waals surface area contributed by atoms with E-state index in [2.05, 4.69) is 10.3 Å². The van der Waals surface area contributed by atoms with Crippen molar-refractivity contribution in [3.8, 4) is 0 Å². The molecule has 1 atom stereocenters. The summed E-state index contributed by atoms with van der Waals surface area (Å²) in [5.74, 6) is -0.426. The molecular weight excluding hydrogens is 464 g/mol. The monoisotopic (exact) mass is 480 g/mol. The maximum Gasteiger partial charge on any atom is 0.289 e. The minimum Gasteiger partial charge on any atom is -0.325 e. The van der Waals surface area contributed by atoms with E-state index in [1.807, 2.05) is 6.07 Å². The summed E-state index contributed by atoms with van der Waals surface area (Å²) in [6.07, 6.45) is 0. The molecular formula is C23H17ClN4O4S. The second-order valence-corrected chi connectivity index (χ2v) is 8.58. The fourth-order valence-corrected chi connectivity index (χ4v) is 4.50. The van der Waals surface area contributed by atoms with Gasteiger partial charge in [-0.05, 0) is 29.8 Å². The number of hydrogen-bond donors (Lipinski definition) is 1. The molecule has 0 spiro atoms. The van der Waals surface area contributed by atoms with Crippen LogP contribution in [0, 0.1) is 10.1 Å². The van der Waals surface area contributed by atoms with Crippen molar-refractivity contribution in [2.45, 2.75) is 10.4 Å². The fraction of sp³-hybridized carbons (Fsp3) is 0.0870. The molecule has 0 fully saturated rings. The zero-order chi connectivity index (χ0) is 23.5. The smallest absolute Gasteiger partial charge is 0.289 e. The SMILES string of the molecule is Cn1c(S[C@H](C(=O)Nc2ccc(Cl)c([N+](=O)[O-])c2)c2ccccc2)nc2ccccc2c1=O. The van der Waals surface area contributed by atoms with E-state index in [0.29, 0.717) is 21.6 Å². The number of para-hydroxylation sites is 1. The highest BCUT2D eigenvalue weighted by Crippen LogP contribution is 2.36. The molecule has 1 N–H and O–H groups in total. The Morgan fingerprint density at radius 2 is 1.82 bits per heavy atom. The summed E-state index contributed by atoms with van der Waals surface area (Å²) in [5.41, 5.74) is 0.924. The van der Waals surface area contributed by atoms with Gasteiger partial charge in [0.2, 0.25) is 5.91 Å². The van der Waals surface area contributed by atoms with Crippen molar-refractivity contribution in [2.24, 2.45) is 7.05 Å². The first kappa shape index (κ1) is 22.5. The second kappa shape index (κ2) is 9.43. The van der Waals surface area contributed by atoms with Crippen LogP contribution in [0.4, 0.5) is 11.4 Å². The Balaban J connectivity index is 1.71. The van der Waals surface area contributed by atoms with Gasteiger partial charge in [0.15, 0.2) is 5.16 Å². The van der Waals surface area contributed by atoms with Crippen LogP contribution in [-0.4, -0.2) is 20.4 Å². The van der Waals surface area contributed by atoms with Crippen molar-refractivity contribution in [2.75, 3.05) is 5.32 Å². The lowest BCUT2D eigenvalue weighted by Crippen LogP contribution is -2.23. The van der Waals surface area contributed by atoms with E-state index in [0.717, 1.165) is 11.8 Å². The molecule has 10 heteroatoms. The molecule has 0 aliphatic heterocycles. The van der Waals surface area contributed by atoms with Crippen LogP contribution in [0.15, 0.2) is 82.7 Å². The first-order valence-corrected chi connectivity index (χ1v) is 11.0. The van der Waals surface area contributed by atoms with E-state index >= 15 is 0 Å². The number of halogens is 1. The fourth-order valence-electron chi connectivity index (χ4n) is 3.25. The average molecular weight is 481 g/mol. The van der Waals surface area contributed by atoms with Crippen molar-refractivity contribution in [1.29, 1.82) is 0 Å². The number of nitro groups is 1. The number of nitro benzene ring substituents is 1. The topological polar surface area (TPSA) is 107 Å². The number of fused-ring (bicyclic) bond motifs is 1. The molecule has 3 aromatic carbocycles. The number of hydrogen-bond acceptors (Lipinski definition) is 6. The van der Waals surface area contributed by atoms with Gasteiger partial charge in [0.25, 0.3) is 11.2 Å². The summed E-state index contributed by atoms with van der Waals surface area (Å²) >= 11 is 6.99. The van der Waals surface area contributed by atoms with Gasteiger partial charge in [0.05, 0.1) is 15.8 Å². The van der Waals surface area contributed by atoms with E-state index in [-0.39, 0.29) is 22.0 Å². The lowest BCUT2D eigenvalue weighted by Gasteiger charge is -2.18. The predicted molar refractivity (Wildman–Crippen MR) is 129 cm³/mol. The van der Waals surface area contributed by atoms with E-state index in [9.17, 15) is 19.7 Å². The molecule has 1 heterocycles. The average Bonchev–Trinajstić information content (AvgIpc) is 2.82. The number of carbonyl (C=O) groups is 1. The maximum atomic E-state index is 13.3. The van der Waals surface area contributed by atoms with Gasteiger partial charge in [0, 0.05) is 18.8 Å². The summed E-state index contributed by atoms with van der Waals surface area (Å²) in [4.78, 5) is 41.2. The molecule has 0 saturated heterocycles. The van der Waals surface area contributed by atoms with Gasteiger partial charge in [-0.3, -0.25) is 24.3 Å². The largest absolute Gasteiger partial charge is 0.325 e. The van der Waals surface area contributed by atoms with Crippen LogP contribution in [0.25, 0.3) is 10.9 Å². The minimum absolute atomic E-state index is 0.0256. The molecule has 1 amide bonds. The highest BCUT2D eigenvalue weighted by atomic mass is 35.5. The molecule has 0 aliphatic carbocycles. The van der Waals surface area contributed by atoms with Crippen LogP contribution < -0.4 is 10.9 Å². The lowest BCUT2D eigenvalue weighted by atomic mass is 10.1. The van der Waals surface area contributed by atoms with Gasteiger partial charge in [-0.1, -0.05) is 65.8 Å². The number of aromatic nitrogens is 2. The number of rotatable bonds is 6. The summed E-state index contributed by atoms with van der Waals surface area (Å²) in [5, 5.41) is 14.0. The molecule has 0 aliphatic rings. The Labute approximate surface area is 197 Å². The minimum atomic E-state index is -0.778. The zero-order valence-electron chi connectivity index (χ0n) is 17.3. The van der Waals surface area contributed by atoms with Crippen LogP contribution in [-0.2, 0) is 11.8 Å². The van der Waals surface area contributed by atoms with Crippen molar-refractivity contribution in [1.82, 2.24) is 9.55 Å². The Hall–Kier alpha value is -3.69. The summed E-state index contributed by atoms with van der Waals surface area (Å²) < 4.78 is 1.41. The Morgan fingerprint density at radius 3 is 2.55 bits per heavy atom. The quantitative estimate of drug-likeness (QED) is 0.181. The normalized spacial score (nSPS) is 11.8. The first-order valence-electron chi connectivity index (χ1n) is 9.77. The van der Waals surface area contributed by atoms with Crippen LogP contribution in [0.3, 0.4) is 0 Å². The summed E-state index contributed by atoms with van der Waals surface area (Å²) in [7, 11) is 1.60. The molecule has 4 aromatic rings. The lowest BCUT2D eigenvalue weighted by molar-refractivity contribution is -0.384. The molecule has 166 valence electrons. The van der Waals surface area contributed by atoms with E-state index < -0.39 is 16.1 Å². The third-order valence-corrected chi connectivity index (χ3v) is 6.53. The molecule has 0 bridgehead atoms. The molecule has 0 unspecified atom stereocenters. The number of benzene rings is 3. The third-order valence-electron chi connectivity index (χ3n) is 4.92. The Morgan fingerprint density at radius 1 is 1.12 bits per heavy atom. The summed E-state index contributed by atoms with van der Waals surface area (Å²) in [6, 6.07) is 20.1. The molecule has 0 saturated carbocycles. The van der Waals surface area contributed by atoms with Gasteiger partial charge in [-0.2, -0.15) is 0 Å². The Bertz CT molecular complexity index is 1430. The number of thioether (sulfide) groups is 1. The van der Waals surface area contributed by atoms with Crippen molar-refractivity contribution < 1.29 is 9.72 Å². The second-order valence-electron chi connectivity index (χ2n) is 7.10. The molecule has 4 rings (SSSR count). The van der Waals surface area contributed by atoms with Crippen LogP contribution in [0.2, 0.25) is 5.02 Å². The molecule has 8 nitrogen and oxygen atoms in total. The van der Waals surface area contributed by atoms with Crippen LogP contribution in [0.5, 0.6) is 0 Å². The first-order chi connectivity index (χ1) is 15.8. The van der Waals surface area contributed by atoms with Crippen molar-refractivity contribution in [3.63, 3.8) is 0 Å².